The van der Waals surface area contributed by atoms with Gasteiger partial charge in [-0.3, -0.25) is 10.1 Å². The van der Waals surface area contributed by atoms with Gasteiger partial charge in [0, 0.05) is 36.6 Å². The van der Waals surface area contributed by atoms with Crippen LogP contribution in [0.25, 0.3) is 0 Å². The van der Waals surface area contributed by atoms with E-state index < -0.39 is 0 Å². The van der Waals surface area contributed by atoms with Crippen LogP contribution in [0.3, 0.4) is 0 Å². The van der Waals surface area contributed by atoms with Crippen LogP contribution in [0.2, 0.25) is 0 Å². The Morgan fingerprint density at radius 1 is 1.38 bits per heavy atom. The highest BCUT2D eigenvalue weighted by atomic mass is 16.6. The molecule has 2 rings (SSSR count). The fraction of sp³-hybridized carbons (Fsp3) is 0.375. The highest BCUT2D eigenvalue weighted by Crippen LogP contribution is 2.23. The third-order valence-corrected chi connectivity index (χ3v) is 3.90. The molecule has 1 N–H and O–H groups in total. The van der Waals surface area contributed by atoms with E-state index in [1.54, 1.807) is 19.1 Å². The molecule has 0 aliphatic carbocycles. The molecule has 21 heavy (non-hydrogen) atoms. The first-order valence-corrected chi connectivity index (χ1v) is 7.12. The third-order valence-electron chi connectivity index (χ3n) is 3.90. The predicted molar refractivity (Wildman–Crippen MR) is 83.5 cm³/mol. The van der Waals surface area contributed by atoms with Crippen molar-refractivity contribution in [3.8, 4) is 0 Å². The average molecular weight is 287 g/mol. The van der Waals surface area contributed by atoms with Crippen molar-refractivity contribution < 1.29 is 4.92 Å². The number of hydrogen-bond donors (Lipinski definition) is 1. The van der Waals surface area contributed by atoms with Gasteiger partial charge in [-0.2, -0.15) is 0 Å². The Morgan fingerprint density at radius 2 is 2.14 bits per heavy atom. The van der Waals surface area contributed by atoms with Crippen molar-refractivity contribution >= 4 is 5.69 Å². The molecule has 1 atom stereocenters. The maximum Gasteiger partial charge on any atom is 0.272 e. The van der Waals surface area contributed by atoms with E-state index in [1.807, 2.05) is 19.3 Å². The van der Waals surface area contributed by atoms with Crippen LogP contribution < -0.4 is 5.32 Å². The minimum Gasteiger partial charge on any atom is -0.350 e. The summed E-state index contributed by atoms with van der Waals surface area (Å²) in [6, 6.07) is 7.67. The Hall–Kier alpha value is -2.14. The van der Waals surface area contributed by atoms with Crippen LogP contribution >= 0.6 is 0 Å². The van der Waals surface area contributed by atoms with E-state index in [2.05, 4.69) is 29.1 Å². The SMILES string of the molecule is CCC(NC)c1ccn(Cc2cccc([N+](=O)[O-])c2C)c1. The largest absolute Gasteiger partial charge is 0.350 e. The smallest absolute Gasteiger partial charge is 0.272 e. The van der Waals surface area contributed by atoms with E-state index in [0.29, 0.717) is 12.6 Å². The van der Waals surface area contributed by atoms with E-state index in [1.165, 1.54) is 5.56 Å². The number of nitrogens with one attached hydrogen (secondary N) is 1. The molecule has 0 bridgehead atoms. The molecule has 0 amide bonds. The quantitative estimate of drug-likeness (QED) is 0.654. The fourth-order valence-electron chi connectivity index (χ4n) is 2.61. The van der Waals surface area contributed by atoms with Crippen molar-refractivity contribution in [3.05, 3.63) is 63.5 Å². The number of nitro groups is 1. The predicted octanol–water partition coefficient (Wildman–Crippen LogP) is 3.42. The second-order valence-corrected chi connectivity index (χ2v) is 5.19. The fourth-order valence-corrected chi connectivity index (χ4v) is 2.61. The van der Waals surface area contributed by atoms with Crippen LogP contribution in [0.4, 0.5) is 5.69 Å². The van der Waals surface area contributed by atoms with Crippen LogP contribution in [-0.4, -0.2) is 16.5 Å². The van der Waals surface area contributed by atoms with Gasteiger partial charge in [0.2, 0.25) is 0 Å². The third kappa shape index (κ3) is 3.31. The Balaban J connectivity index is 2.23. The summed E-state index contributed by atoms with van der Waals surface area (Å²) in [6.07, 6.45) is 5.15. The van der Waals surface area contributed by atoms with Crippen LogP contribution in [0.5, 0.6) is 0 Å². The van der Waals surface area contributed by atoms with E-state index in [0.717, 1.165) is 17.5 Å². The Morgan fingerprint density at radius 3 is 2.76 bits per heavy atom. The number of aromatic nitrogens is 1. The van der Waals surface area contributed by atoms with E-state index >= 15 is 0 Å². The van der Waals surface area contributed by atoms with Crippen molar-refractivity contribution in [2.24, 2.45) is 0 Å². The summed E-state index contributed by atoms with van der Waals surface area (Å²) < 4.78 is 2.07. The molecule has 0 fully saturated rings. The zero-order valence-corrected chi connectivity index (χ0v) is 12.7. The first-order chi connectivity index (χ1) is 10.1. The molecular weight excluding hydrogens is 266 g/mol. The Bertz CT molecular complexity index is 630. The summed E-state index contributed by atoms with van der Waals surface area (Å²) in [5.74, 6) is 0. The molecular formula is C16H21N3O2. The summed E-state index contributed by atoms with van der Waals surface area (Å²) in [4.78, 5) is 10.7. The molecule has 5 heteroatoms. The van der Waals surface area contributed by atoms with Gasteiger partial charge in [-0.1, -0.05) is 19.1 Å². The van der Waals surface area contributed by atoms with Crippen molar-refractivity contribution in [1.82, 2.24) is 9.88 Å². The molecule has 0 spiro atoms. The Labute approximate surface area is 124 Å². The molecule has 1 unspecified atom stereocenters. The normalized spacial score (nSPS) is 12.3. The van der Waals surface area contributed by atoms with Crippen LogP contribution in [0.1, 0.15) is 36.1 Å². The van der Waals surface area contributed by atoms with Crippen molar-refractivity contribution in [2.45, 2.75) is 32.9 Å². The molecule has 0 saturated heterocycles. The van der Waals surface area contributed by atoms with E-state index in [9.17, 15) is 10.1 Å². The van der Waals surface area contributed by atoms with E-state index in [4.69, 9.17) is 0 Å². The lowest BCUT2D eigenvalue weighted by atomic mass is 10.1. The molecule has 1 heterocycles. The van der Waals surface area contributed by atoms with Gasteiger partial charge in [0.05, 0.1) is 4.92 Å². The molecule has 0 saturated carbocycles. The molecule has 5 nitrogen and oxygen atoms in total. The highest BCUT2D eigenvalue weighted by Gasteiger charge is 2.14. The number of benzene rings is 1. The van der Waals surface area contributed by atoms with Gasteiger partial charge >= 0.3 is 0 Å². The number of rotatable bonds is 6. The molecule has 0 aliphatic heterocycles. The molecule has 112 valence electrons. The standard InChI is InChI=1S/C16H21N3O2/c1-4-15(17-3)14-8-9-18(11-14)10-13-6-5-7-16(12(13)2)19(20)21/h5-9,11,15,17H,4,10H2,1-3H3. The van der Waals surface area contributed by atoms with Crippen molar-refractivity contribution in [1.29, 1.82) is 0 Å². The highest BCUT2D eigenvalue weighted by molar-refractivity contribution is 5.44. The van der Waals surface area contributed by atoms with Gasteiger partial charge in [0.15, 0.2) is 0 Å². The summed E-state index contributed by atoms with van der Waals surface area (Å²) in [6.45, 7) is 4.59. The Kier molecular flexibility index (Phi) is 4.75. The summed E-state index contributed by atoms with van der Waals surface area (Å²) in [5, 5.41) is 14.3. The second-order valence-electron chi connectivity index (χ2n) is 5.19. The molecule has 0 radical (unpaired) electrons. The second kappa shape index (κ2) is 6.54. The molecule has 1 aromatic carbocycles. The van der Waals surface area contributed by atoms with Gasteiger partial charge in [0.25, 0.3) is 5.69 Å². The first-order valence-electron chi connectivity index (χ1n) is 7.12. The molecule has 0 aliphatic rings. The zero-order chi connectivity index (χ0) is 15.4. The lowest BCUT2D eigenvalue weighted by Gasteiger charge is -2.12. The van der Waals surface area contributed by atoms with Crippen LogP contribution in [-0.2, 0) is 6.54 Å². The van der Waals surface area contributed by atoms with Gasteiger partial charge in [-0.05, 0) is 37.6 Å². The number of nitrogens with zero attached hydrogens (tertiary/aromatic N) is 2. The maximum absolute atomic E-state index is 11.0. The number of hydrogen-bond acceptors (Lipinski definition) is 3. The van der Waals surface area contributed by atoms with Gasteiger partial charge < -0.3 is 9.88 Å². The lowest BCUT2D eigenvalue weighted by molar-refractivity contribution is -0.385. The number of nitro benzene ring substituents is 1. The summed E-state index contributed by atoms with van der Waals surface area (Å²) in [7, 11) is 1.95. The van der Waals surface area contributed by atoms with Gasteiger partial charge in [0.1, 0.15) is 0 Å². The topological polar surface area (TPSA) is 60.1 Å². The van der Waals surface area contributed by atoms with E-state index in [-0.39, 0.29) is 10.6 Å². The van der Waals surface area contributed by atoms with Gasteiger partial charge in [-0.15, -0.1) is 0 Å². The van der Waals surface area contributed by atoms with Crippen LogP contribution in [0.15, 0.2) is 36.7 Å². The lowest BCUT2D eigenvalue weighted by Crippen LogP contribution is -2.14. The molecule has 2 aromatic rings. The molecule has 1 aromatic heterocycles. The summed E-state index contributed by atoms with van der Waals surface area (Å²) in [5.41, 5.74) is 3.13. The minimum absolute atomic E-state index is 0.182. The summed E-state index contributed by atoms with van der Waals surface area (Å²) >= 11 is 0. The average Bonchev–Trinajstić information content (AvgIpc) is 2.91. The van der Waals surface area contributed by atoms with Crippen molar-refractivity contribution in [2.75, 3.05) is 7.05 Å². The zero-order valence-electron chi connectivity index (χ0n) is 12.7. The first kappa shape index (κ1) is 15.3. The van der Waals surface area contributed by atoms with Crippen molar-refractivity contribution in [3.63, 3.8) is 0 Å². The monoisotopic (exact) mass is 287 g/mol. The van der Waals surface area contributed by atoms with Crippen LogP contribution in [0, 0.1) is 17.0 Å². The maximum atomic E-state index is 11.0. The van der Waals surface area contributed by atoms with Gasteiger partial charge in [-0.25, -0.2) is 0 Å². The minimum atomic E-state index is -0.325.